The fourth-order valence-corrected chi connectivity index (χ4v) is 4.02. The van der Waals surface area contributed by atoms with E-state index in [1.807, 2.05) is 19.1 Å². The fraction of sp³-hybridized carbons (Fsp3) is 0.357. The predicted molar refractivity (Wildman–Crippen MR) is 75.0 cm³/mol. The maximum absolute atomic E-state index is 12.8. The minimum Gasteiger partial charge on any atom is -0.462 e. The van der Waals surface area contributed by atoms with E-state index in [1.54, 1.807) is 26.0 Å². The van der Waals surface area contributed by atoms with Crippen LogP contribution in [0.2, 0.25) is 0 Å². The molecule has 1 heterocycles. The monoisotopic (exact) mass is 279 g/mol. The third-order valence-electron chi connectivity index (χ3n) is 3.02. The van der Waals surface area contributed by atoms with E-state index in [9.17, 15) is 9.00 Å². The van der Waals surface area contributed by atoms with Crippen molar-refractivity contribution in [3.8, 4) is 0 Å². The van der Waals surface area contributed by atoms with Crippen molar-refractivity contribution < 1.29 is 13.7 Å². The molecule has 0 aromatic heterocycles. The van der Waals surface area contributed by atoms with Crippen molar-refractivity contribution in [2.45, 2.75) is 25.7 Å². The molecule has 5 heteroatoms. The molecular formula is C14H17NO3S. The average Bonchev–Trinajstić information content (AvgIpc) is 2.39. The zero-order chi connectivity index (χ0) is 14.0. The van der Waals surface area contributed by atoms with Crippen molar-refractivity contribution in [1.29, 1.82) is 0 Å². The lowest BCUT2D eigenvalue weighted by molar-refractivity contribution is -0.136. The summed E-state index contributed by atoms with van der Waals surface area (Å²) in [6.45, 7) is 5.61. The summed E-state index contributed by atoms with van der Waals surface area (Å²) in [5, 5.41) is 0. The first-order chi connectivity index (χ1) is 9.03. The van der Waals surface area contributed by atoms with E-state index in [4.69, 9.17) is 4.74 Å². The second-order valence-electron chi connectivity index (χ2n) is 4.20. The van der Waals surface area contributed by atoms with Crippen LogP contribution in [0.4, 0.5) is 0 Å². The molecule has 0 spiro atoms. The number of esters is 1. The van der Waals surface area contributed by atoms with Crippen molar-refractivity contribution in [2.24, 2.45) is 4.36 Å². The smallest absolute Gasteiger partial charge is 0.340 e. The van der Waals surface area contributed by atoms with Crippen LogP contribution in [0.3, 0.4) is 0 Å². The van der Waals surface area contributed by atoms with Crippen LogP contribution < -0.4 is 0 Å². The molecular weight excluding hydrogens is 262 g/mol. The first-order valence-electron chi connectivity index (χ1n) is 6.25. The Bertz CT molecular complexity index is 667. The molecule has 0 aliphatic carbocycles. The zero-order valence-electron chi connectivity index (χ0n) is 11.3. The molecule has 0 saturated carbocycles. The Morgan fingerprint density at radius 1 is 1.32 bits per heavy atom. The predicted octanol–water partition coefficient (Wildman–Crippen LogP) is 2.84. The van der Waals surface area contributed by atoms with E-state index in [0.717, 1.165) is 0 Å². The van der Waals surface area contributed by atoms with Crippen molar-refractivity contribution in [3.05, 3.63) is 35.5 Å². The summed E-state index contributed by atoms with van der Waals surface area (Å²) in [6, 6.07) is 7.21. The largest absolute Gasteiger partial charge is 0.462 e. The average molecular weight is 279 g/mol. The zero-order valence-corrected chi connectivity index (χ0v) is 12.1. The summed E-state index contributed by atoms with van der Waals surface area (Å²) in [4.78, 5) is 12.7. The van der Waals surface area contributed by atoms with Gasteiger partial charge in [-0.3, -0.25) is 0 Å². The van der Waals surface area contributed by atoms with E-state index in [-0.39, 0.29) is 0 Å². The Morgan fingerprint density at radius 2 is 2.00 bits per heavy atom. The van der Waals surface area contributed by atoms with Crippen molar-refractivity contribution >= 4 is 21.3 Å². The van der Waals surface area contributed by atoms with Gasteiger partial charge in [-0.25, -0.2) is 9.00 Å². The SMILES string of the molecule is CCOC(=O)C1=C(C)N=S(=O)(CC)c2ccccc21. The second-order valence-corrected chi connectivity index (χ2v) is 6.68. The molecule has 1 aliphatic rings. The van der Waals surface area contributed by atoms with Gasteiger partial charge < -0.3 is 4.74 Å². The van der Waals surface area contributed by atoms with Crippen LogP contribution >= 0.6 is 0 Å². The van der Waals surface area contributed by atoms with Gasteiger partial charge in [0.1, 0.15) is 0 Å². The molecule has 0 fully saturated rings. The van der Waals surface area contributed by atoms with Crippen LogP contribution in [-0.2, 0) is 19.3 Å². The van der Waals surface area contributed by atoms with E-state index < -0.39 is 15.7 Å². The minimum atomic E-state index is -2.46. The standard InChI is InChI=1S/C14H17NO3S/c1-4-18-14(16)13-10(3)15-19(17,5-2)12-9-7-6-8-11(12)13/h6-9H,4-5H2,1-3H3. The van der Waals surface area contributed by atoms with Gasteiger partial charge in [-0.2, -0.15) is 4.36 Å². The van der Waals surface area contributed by atoms with Crippen LogP contribution in [0.5, 0.6) is 0 Å². The van der Waals surface area contributed by atoms with Crippen molar-refractivity contribution in [2.75, 3.05) is 12.4 Å². The van der Waals surface area contributed by atoms with Crippen molar-refractivity contribution in [3.63, 3.8) is 0 Å². The molecule has 1 aliphatic heterocycles. The summed E-state index contributed by atoms with van der Waals surface area (Å²) in [5.74, 6) is 0.0195. The molecule has 1 atom stereocenters. The molecule has 102 valence electrons. The molecule has 1 unspecified atom stereocenters. The number of allylic oxidation sites excluding steroid dienone is 1. The highest BCUT2D eigenvalue weighted by molar-refractivity contribution is 7.93. The van der Waals surface area contributed by atoms with Gasteiger partial charge in [-0.05, 0) is 19.9 Å². The number of benzene rings is 1. The van der Waals surface area contributed by atoms with Gasteiger partial charge in [0.05, 0.1) is 32.5 Å². The highest BCUT2D eigenvalue weighted by Crippen LogP contribution is 2.34. The van der Waals surface area contributed by atoms with E-state index >= 15 is 0 Å². The first kappa shape index (κ1) is 13.8. The summed E-state index contributed by atoms with van der Waals surface area (Å²) < 4.78 is 22.1. The fourth-order valence-electron chi connectivity index (χ4n) is 2.14. The Hall–Kier alpha value is -1.62. The van der Waals surface area contributed by atoms with Gasteiger partial charge in [0.15, 0.2) is 0 Å². The van der Waals surface area contributed by atoms with Gasteiger partial charge >= 0.3 is 5.97 Å². The van der Waals surface area contributed by atoms with Crippen LogP contribution in [0.1, 0.15) is 26.3 Å². The summed E-state index contributed by atoms with van der Waals surface area (Å²) in [7, 11) is -2.46. The number of nitrogens with zero attached hydrogens (tertiary/aromatic N) is 1. The third kappa shape index (κ3) is 2.30. The molecule has 0 radical (unpaired) electrons. The number of rotatable bonds is 3. The lowest BCUT2D eigenvalue weighted by Crippen LogP contribution is -2.17. The van der Waals surface area contributed by atoms with Gasteiger partial charge in [0.25, 0.3) is 0 Å². The highest BCUT2D eigenvalue weighted by atomic mass is 32.2. The molecule has 0 N–H and O–H groups in total. The number of hydrogen-bond acceptors (Lipinski definition) is 4. The molecule has 0 bridgehead atoms. The molecule has 0 saturated heterocycles. The third-order valence-corrected chi connectivity index (χ3v) is 5.41. The molecule has 0 amide bonds. The quantitative estimate of drug-likeness (QED) is 0.799. The van der Waals surface area contributed by atoms with E-state index in [2.05, 4.69) is 4.36 Å². The molecule has 4 nitrogen and oxygen atoms in total. The number of fused-ring (bicyclic) bond motifs is 1. The first-order valence-corrected chi connectivity index (χ1v) is 7.94. The Balaban J connectivity index is 2.72. The lowest BCUT2D eigenvalue weighted by atomic mass is 10.0. The molecule has 19 heavy (non-hydrogen) atoms. The summed E-state index contributed by atoms with van der Waals surface area (Å²) in [6.07, 6.45) is 0. The molecule has 1 aromatic rings. The van der Waals surface area contributed by atoms with Crippen LogP contribution in [0, 0.1) is 0 Å². The topological polar surface area (TPSA) is 55.7 Å². The van der Waals surface area contributed by atoms with Gasteiger partial charge in [-0.1, -0.05) is 25.1 Å². The summed E-state index contributed by atoms with van der Waals surface area (Å²) in [5.41, 5.74) is 1.59. The van der Waals surface area contributed by atoms with Crippen molar-refractivity contribution in [1.82, 2.24) is 0 Å². The van der Waals surface area contributed by atoms with Gasteiger partial charge in [0, 0.05) is 11.3 Å². The van der Waals surface area contributed by atoms with Crippen LogP contribution in [0.15, 0.2) is 39.2 Å². The number of hydrogen-bond donors (Lipinski definition) is 0. The maximum atomic E-state index is 12.8. The second kappa shape index (κ2) is 5.17. The number of ether oxygens (including phenoxy) is 1. The van der Waals surface area contributed by atoms with E-state index in [0.29, 0.717) is 34.1 Å². The Morgan fingerprint density at radius 3 is 2.63 bits per heavy atom. The van der Waals surface area contributed by atoms with Gasteiger partial charge in [-0.15, -0.1) is 0 Å². The van der Waals surface area contributed by atoms with Crippen LogP contribution in [-0.4, -0.2) is 22.5 Å². The Labute approximate surface area is 113 Å². The highest BCUT2D eigenvalue weighted by Gasteiger charge is 2.28. The maximum Gasteiger partial charge on any atom is 0.340 e. The summed E-state index contributed by atoms with van der Waals surface area (Å²) >= 11 is 0. The number of carbonyl (C=O) groups excluding carboxylic acids is 1. The Kier molecular flexibility index (Phi) is 3.75. The number of carbonyl (C=O) groups is 1. The van der Waals surface area contributed by atoms with Gasteiger partial charge in [0.2, 0.25) is 0 Å². The normalized spacial score (nSPS) is 21.6. The minimum absolute atomic E-state index is 0.306. The lowest BCUT2D eigenvalue weighted by Gasteiger charge is -2.20. The molecule has 1 aromatic carbocycles. The van der Waals surface area contributed by atoms with E-state index in [1.165, 1.54) is 0 Å². The molecule has 2 rings (SSSR count). The van der Waals surface area contributed by atoms with Crippen LogP contribution in [0.25, 0.3) is 5.57 Å².